The number of nitrogens with one attached hydrogen (secondary N) is 1. The van der Waals surface area contributed by atoms with Crippen molar-refractivity contribution < 1.29 is 22.7 Å². The molecule has 3 N–H and O–H groups in total. The Bertz CT molecular complexity index is 601. The van der Waals surface area contributed by atoms with Crippen LogP contribution in [0.5, 0.6) is 5.75 Å². The molecule has 1 atom stereocenters. The van der Waals surface area contributed by atoms with E-state index in [9.17, 15) is 13.2 Å². The van der Waals surface area contributed by atoms with E-state index in [0.717, 1.165) is 0 Å². The molecule has 0 aliphatic carbocycles. The average Bonchev–Trinajstić information content (AvgIpc) is 2.37. The zero-order valence-corrected chi connectivity index (χ0v) is 13.1. The van der Waals surface area contributed by atoms with Gasteiger partial charge < -0.3 is 14.8 Å². The maximum absolute atomic E-state index is 11.9. The fraction of sp³-hybridized carbons (Fsp3) is 0.462. The van der Waals surface area contributed by atoms with Crippen LogP contribution >= 0.6 is 0 Å². The first kappa shape index (κ1) is 17.4. The maximum atomic E-state index is 11.9. The van der Waals surface area contributed by atoms with Crippen molar-refractivity contribution in [2.24, 2.45) is 11.1 Å². The van der Waals surface area contributed by atoms with E-state index in [1.807, 2.05) is 6.92 Å². The van der Waals surface area contributed by atoms with Crippen molar-refractivity contribution in [3.8, 4) is 5.75 Å². The number of anilines is 1. The lowest BCUT2D eigenvalue weighted by atomic mass is 10.1. The summed E-state index contributed by atoms with van der Waals surface area (Å²) in [5.74, 6) is 0.141. The van der Waals surface area contributed by atoms with Gasteiger partial charge in [0.1, 0.15) is 5.75 Å². The molecular formula is C13H20N2O5S. The standard InChI is InChI=1S/C13H20N2O5S/c1-9(8-19-2)6-13(16)15-11-7-10(21(14,17)18)4-5-12(11)20-3/h4-5,7,9H,6,8H2,1-3H3,(H,15,16)(H2,14,17,18). The molecular weight excluding hydrogens is 296 g/mol. The molecule has 1 unspecified atom stereocenters. The Morgan fingerprint density at radius 2 is 2.05 bits per heavy atom. The molecule has 1 aromatic carbocycles. The molecule has 0 radical (unpaired) electrons. The molecule has 0 bridgehead atoms. The number of sulfonamides is 1. The van der Waals surface area contributed by atoms with Crippen LogP contribution in [-0.4, -0.2) is 35.2 Å². The second kappa shape index (κ2) is 7.39. The van der Waals surface area contributed by atoms with Crippen LogP contribution in [0.3, 0.4) is 0 Å². The maximum Gasteiger partial charge on any atom is 0.238 e. The molecule has 0 fully saturated rings. The molecule has 0 heterocycles. The van der Waals surface area contributed by atoms with Gasteiger partial charge in [-0.3, -0.25) is 4.79 Å². The van der Waals surface area contributed by atoms with Crippen LogP contribution in [0.25, 0.3) is 0 Å². The topological polar surface area (TPSA) is 108 Å². The highest BCUT2D eigenvalue weighted by Gasteiger charge is 2.15. The van der Waals surface area contributed by atoms with Gasteiger partial charge in [0.15, 0.2) is 0 Å². The van der Waals surface area contributed by atoms with Crippen molar-refractivity contribution in [2.75, 3.05) is 26.1 Å². The lowest BCUT2D eigenvalue weighted by molar-refractivity contribution is -0.117. The summed E-state index contributed by atoms with van der Waals surface area (Å²) in [5, 5.41) is 7.69. The molecule has 1 rings (SSSR count). The highest BCUT2D eigenvalue weighted by atomic mass is 32.2. The number of rotatable bonds is 7. The van der Waals surface area contributed by atoms with Crippen LogP contribution in [0.1, 0.15) is 13.3 Å². The number of amides is 1. The Kier molecular flexibility index (Phi) is 6.13. The summed E-state index contributed by atoms with van der Waals surface area (Å²) in [5.41, 5.74) is 0.263. The number of carbonyl (C=O) groups excluding carboxylic acids is 1. The van der Waals surface area contributed by atoms with E-state index in [0.29, 0.717) is 12.4 Å². The molecule has 0 saturated heterocycles. The summed E-state index contributed by atoms with van der Waals surface area (Å²) in [6.45, 7) is 2.34. The van der Waals surface area contributed by atoms with Crippen LogP contribution in [0.15, 0.2) is 23.1 Å². The fourth-order valence-corrected chi connectivity index (χ4v) is 2.36. The predicted molar refractivity (Wildman–Crippen MR) is 78.7 cm³/mol. The average molecular weight is 316 g/mol. The van der Waals surface area contributed by atoms with E-state index in [1.54, 1.807) is 7.11 Å². The largest absolute Gasteiger partial charge is 0.495 e. The highest BCUT2D eigenvalue weighted by molar-refractivity contribution is 7.89. The highest BCUT2D eigenvalue weighted by Crippen LogP contribution is 2.27. The summed E-state index contributed by atoms with van der Waals surface area (Å²) in [6, 6.07) is 4.03. The molecule has 7 nitrogen and oxygen atoms in total. The number of carbonyl (C=O) groups is 1. The van der Waals surface area contributed by atoms with Gasteiger partial charge in [-0.2, -0.15) is 0 Å². The molecule has 0 aliphatic rings. The lowest BCUT2D eigenvalue weighted by Gasteiger charge is -2.13. The summed E-state index contributed by atoms with van der Waals surface area (Å²) in [7, 11) is -0.856. The molecule has 118 valence electrons. The van der Waals surface area contributed by atoms with Gasteiger partial charge in [0.05, 0.1) is 17.7 Å². The number of ether oxygens (including phenoxy) is 2. The first-order valence-electron chi connectivity index (χ1n) is 6.27. The Hall–Kier alpha value is -1.64. The van der Waals surface area contributed by atoms with E-state index in [4.69, 9.17) is 14.6 Å². The second-order valence-electron chi connectivity index (χ2n) is 4.72. The number of benzene rings is 1. The molecule has 1 amide bonds. The molecule has 0 aromatic heterocycles. The van der Waals surface area contributed by atoms with Gasteiger partial charge in [-0.25, -0.2) is 13.6 Å². The Balaban J connectivity index is 2.93. The minimum absolute atomic E-state index is 0.0439. The molecule has 0 spiro atoms. The molecule has 8 heteroatoms. The summed E-state index contributed by atoms with van der Waals surface area (Å²) in [4.78, 5) is 11.8. The van der Waals surface area contributed by atoms with Gasteiger partial charge in [-0.05, 0) is 24.1 Å². The molecule has 0 aliphatic heterocycles. The fourth-order valence-electron chi connectivity index (χ4n) is 1.82. The Labute approximate surface area is 124 Å². The monoisotopic (exact) mass is 316 g/mol. The third kappa shape index (κ3) is 5.33. The number of hydrogen-bond donors (Lipinski definition) is 2. The van der Waals surface area contributed by atoms with Gasteiger partial charge >= 0.3 is 0 Å². The van der Waals surface area contributed by atoms with Gasteiger partial charge in [0.2, 0.25) is 15.9 Å². The van der Waals surface area contributed by atoms with Crippen LogP contribution < -0.4 is 15.2 Å². The summed E-state index contributed by atoms with van der Waals surface area (Å²) >= 11 is 0. The van der Waals surface area contributed by atoms with Gasteiger partial charge in [0.25, 0.3) is 0 Å². The normalized spacial score (nSPS) is 12.8. The Morgan fingerprint density at radius 3 is 2.57 bits per heavy atom. The SMILES string of the molecule is COCC(C)CC(=O)Nc1cc(S(N)(=O)=O)ccc1OC. The van der Waals surface area contributed by atoms with Crippen molar-refractivity contribution >= 4 is 21.6 Å². The minimum atomic E-state index is -3.84. The molecule has 21 heavy (non-hydrogen) atoms. The van der Waals surface area contributed by atoms with Crippen LogP contribution in [-0.2, 0) is 19.6 Å². The number of nitrogens with two attached hydrogens (primary N) is 1. The van der Waals surface area contributed by atoms with Crippen LogP contribution in [0.4, 0.5) is 5.69 Å². The van der Waals surface area contributed by atoms with Crippen molar-refractivity contribution in [2.45, 2.75) is 18.2 Å². The van der Waals surface area contributed by atoms with E-state index >= 15 is 0 Å². The zero-order valence-electron chi connectivity index (χ0n) is 12.3. The zero-order chi connectivity index (χ0) is 16.0. The van der Waals surface area contributed by atoms with Crippen molar-refractivity contribution in [3.63, 3.8) is 0 Å². The van der Waals surface area contributed by atoms with E-state index < -0.39 is 10.0 Å². The number of hydrogen-bond acceptors (Lipinski definition) is 5. The smallest absolute Gasteiger partial charge is 0.238 e. The third-order valence-electron chi connectivity index (χ3n) is 2.76. The third-order valence-corrected chi connectivity index (χ3v) is 3.67. The van der Waals surface area contributed by atoms with Crippen molar-refractivity contribution in [1.29, 1.82) is 0 Å². The first-order valence-corrected chi connectivity index (χ1v) is 7.82. The second-order valence-corrected chi connectivity index (χ2v) is 6.28. The summed E-state index contributed by atoms with van der Waals surface area (Å²) in [6.07, 6.45) is 0.247. The van der Waals surface area contributed by atoms with Gasteiger partial charge in [-0.1, -0.05) is 6.92 Å². The predicted octanol–water partition coefficient (Wildman–Crippen LogP) is 0.954. The minimum Gasteiger partial charge on any atom is -0.495 e. The van der Waals surface area contributed by atoms with Gasteiger partial charge in [-0.15, -0.1) is 0 Å². The lowest BCUT2D eigenvalue weighted by Crippen LogP contribution is -2.19. The van der Waals surface area contributed by atoms with E-state index in [1.165, 1.54) is 25.3 Å². The summed E-state index contributed by atoms with van der Waals surface area (Å²) < 4.78 is 32.7. The van der Waals surface area contributed by atoms with E-state index in [-0.39, 0.29) is 28.8 Å². The van der Waals surface area contributed by atoms with Crippen LogP contribution in [0.2, 0.25) is 0 Å². The van der Waals surface area contributed by atoms with Crippen molar-refractivity contribution in [3.05, 3.63) is 18.2 Å². The Morgan fingerprint density at radius 1 is 1.38 bits per heavy atom. The molecule has 1 aromatic rings. The van der Waals surface area contributed by atoms with Crippen LogP contribution in [0, 0.1) is 5.92 Å². The first-order chi connectivity index (χ1) is 9.77. The number of methoxy groups -OCH3 is 2. The van der Waals surface area contributed by atoms with Gasteiger partial charge in [0, 0.05) is 20.1 Å². The quantitative estimate of drug-likeness (QED) is 0.779. The number of primary sulfonamides is 1. The van der Waals surface area contributed by atoms with Crippen molar-refractivity contribution in [1.82, 2.24) is 0 Å². The van der Waals surface area contributed by atoms with E-state index in [2.05, 4.69) is 5.32 Å². The molecule has 0 saturated carbocycles.